The normalized spacial score (nSPS) is 11.6. The van der Waals surface area contributed by atoms with E-state index in [1.54, 1.807) is 0 Å². The van der Waals surface area contributed by atoms with E-state index in [0.29, 0.717) is 12.1 Å². The van der Waals surface area contributed by atoms with Crippen LogP contribution in [-0.2, 0) is 19.3 Å². The van der Waals surface area contributed by atoms with Gasteiger partial charge in [-0.25, -0.2) is 4.39 Å². The summed E-state index contributed by atoms with van der Waals surface area (Å²) in [5, 5.41) is 2.93. The highest BCUT2D eigenvalue weighted by molar-refractivity contribution is 5.24. The maximum atomic E-state index is 13.3. The van der Waals surface area contributed by atoms with Gasteiger partial charge in [0, 0.05) is 19.3 Å². The molecule has 0 aliphatic heterocycles. The van der Waals surface area contributed by atoms with E-state index in [9.17, 15) is 17.6 Å². The minimum atomic E-state index is -4.33. The fraction of sp³-hybridized carbons (Fsp3) is 0.214. The molecular weight excluding hydrogens is 272 g/mol. The van der Waals surface area contributed by atoms with Crippen molar-refractivity contribution in [2.24, 2.45) is 0 Å². The Morgan fingerprint density at radius 3 is 2.30 bits per heavy atom. The Hall–Kier alpha value is -1.95. The zero-order chi connectivity index (χ0) is 14.6. The Balaban J connectivity index is 1.90. The minimum Gasteiger partial charge on any atom is -0.307 e. The maximum Gasteiger partial charge on any atom is 0.416 e. The highest BCUT2D eigenvalue weighted by Crippen LogP contribution is 2.29. The van der Waals surface area contributed by atoms with Crippen LogP contribution >= 0.6 is 0 Å². The van der Waals surface area contributed by atoms with Crippen molar-refractivity contribution in [3.8, 4) is 0 Å². The third kappa shape index (κ3) is 3.77. The van der Waals surface area contributed by atoms with Gasteiger partial charge >= 0.3 is 6.18 Å². The first-order valence-corrected chi connectivity index (χ1v) is 5.93. The van der Waals surface area contributed by atoms with Gasteiger partial charge in [-0.05, 0) is 29.8 Å². The van der Waals surface area contributed by atoms with Crippen LogP contribution in [0.25, 0.3) is 0 Å². The van der Waals surface area contributed by atoms with Crippen molar-refractivity contribution in [1.82, 2.24) is 10.3 Å². The molecule has 6 heteroatoms. The fourth-order valence-electron chi connectivity index (χ4n) is 1.69. The second-order valence-corrected chi connectivity index (χ2v) is 4.23. The van der Waals surface area contributed by atoms with Gasteiger partial charge in [0.05, 0.1) is 11.3 Å². The lowest BCUT2D eigenvalue weighted by molar-refractivity contribution is -0.137. The van der Waals surface area contributed by atoms with E-state index in [2.05, 4.69) is 10.3 Å². The lowest BCUT2D eigenvalue weighted by Crippen LogP contribution is -2.15. The second-order valence-electron chi connectivity index (χ2n) is 4.23. The summed E-state index contributed by atoms with van der Waals surface area (Å²) in [6, 6.07) is 7.64. The van der Waals surface area contributed by atoms with Gasteiger partial charge in [-0.15, -0.1) is 0 Å². The average Bonchev–Trinajstić information content (AvgIpc) is 2.40. The van der Waals surface area contributed by atoms with Gasteiger partial charge in [-0.1, -0.05) is 12.1 Å². The fourth-order valence-corrected chi connectivity index (χ4v) is 1.69. The number of nitrogens with zero attached hydrogens (tertiary/aromatic N) is 1. The number of rotatable bonds is 4. The van der Waals surface area contributed by atoms with Crippen LogP contribution in [0.4, 0.5) is 17.6 Å². The molecule has 0 aliphatic rings. The summed E-state index contributed by atoms with van der Waals surface area (Å²) in [7, 11) is 0. The molecule has 0 unspecified atom stereocenters. The van der Waals surface area contributed by atoms with Gasteiger partial charge < -0.3 is 5.32 Å². The lowest BCUT2D eigenvalue weighted by atomic mass is 10.1. The molecule has 0 saturated heterocycles. The Kier molecular flexibility index (Phi) is 4.34. The third-order valence-electron chi connectivity index (χ3n) is 2.74. The summed E-state index contributed by atoms with van der Waals surface area (Å²) in [4.78, 5) is 3.87. The zero-order valence-electron chi connectivity index (χ0n) is 10.4. The summed E-state index contributed by atoms with van der Waals surface area (Å²) < 4.78 is 50.4. The molecule has 2 aromatic rings. The Morgan fingerprint density at radius 2 is 1.70 bits per heavy atom. The van der Waals surface area contributed by atoms with Crippen LogP contribution in [0.2, 0.25) is 0 Å². The van der Waals surface area contributed by atoms with Gasteiger partial charge in [0.1, 0.15) is 5.82 Å². The SMILES string of the molecule is Fc1cccnc1CNCc1ccc(C(F)(F)F)cc1. The smallest absolute Gasteiger partial charge is 0.307 e. The monoisotopic (exact) mass is 284 g/mol. The highest BCUT2D eigenvalue weighted by Gasteiger charge is 2.29. The molecule has 0 spiro atoms. The molecule has 0 atom stereocenters. The lowest BCUT2D eigenvalue weighted by Gasteiger charge is -2.08. The van der Waals surface area contributed by atoms with Crippen molar-refractivity contribution in [3.63, 3.8) is 0 Å². The van der Waals surface area contributed by atoms with Crippen molar-refractivity contribution in [3.05, 3.63) is 65.2 Å². The van der Waals surface area contributed by atoms with Crippen LogP contribution < -0.4 is 5.32 Å². The van der Waals surface area contributed by atoms with Gasteiger partial charge in [0.15, 0.2) is 0 Å². The van der Waals surface area contributed by atoms with Crippen LogP contribution in [0.5, 0.6) is 0 Å². The second kappa shape index (κ2) is 6.00. The molecule has 0 amide bonds. The van der Waals surface area contributed by atoms with E-state index >= 15 is 0 Å². The summed E-state index contributed by atoms with van der Waals surface area (Å²) >= 11 is 0. The largest absolute Gasteiger partial charge is 0.416 e. The molecule has 106 valence electrons. The quantitative estimate of drug-likeness (QED) is 0.869. The molecule has 1 heterocycles. The molecule has 0 radical (unpaired) electrons. The Labute approximate surface area is 113 Å². The van der Waals surface area contributed by atoms with Crippen molar-refractivity contribution < 1.29 is 17.6 Å². The van der Waals surface area contributed by atoms with Crippen LogP contribution in [0.3, 0.4) is 0 Å². The number of benzene rings is 1. The number of hydrogen-bond acceptors (Lipinski definition) is 2. The molecule has 0 bridgehead atoms. The molecular formula is C14H12F4N2. The van der Waals surface area contributed by atoms with E-state index in [-0.39, 0.29) is 12.2 Å². The predicted octanol–water partition coefficient (Wildman–Crippen LogP) is 3.53. The van der Waals surface area contributed by atoms with E-state index in [1.165, 1.54) is 30.5 Å². The molecule has 0 aliphatic carbocycles. The third-order valence-corrected chi connectivity index (χ3v) is 2.74. The van der Waals surface area contributed by atoms with E-state index in [1.807, 2.05) is 0 Å². The average molecular weight is 284 g/mol. The van der Waals surface area contributed by atoms with Gasteiger partial charge in [-0.3, -0.25) is 4.98 Å². The van der Waals surface area contributed by atoms with E-state index in [0.717, 1.165) is 12.1 Å². The summed E-state index contributed by atoms with van der Waals surface area (Å²) in [6.45, 7) is 0.557. The number of nitrogens with one attached hydrogen (secondary N) is 1. The summed E-state index contributed by atoms with van der Waals surface area (Å²) in [5.74, 6) is -0.410. The van der Waals surface area contributed by atoms with E-state index in [4.69, 9.17) is 0 Å². The molecule has 2 rings (SSSR count). The molecule has 0 fully saturated rings. The summed E-state index contributed by atoms with van der Waals surface area (Å²) in [6.07, 6.45) is -2.85. The van der Waals surface area contributed by atoms with Crippen LogP contribution in [0.15, 0.2) is 42.6 Å². The van der Waals surface area contributed by atoms with Crippen LogP contribution in [0.1, 0.15) is 16.8 Å². The molecule has 0 saturated carbocycles. The van der Waals surface area contributed by atoms with Gasteiger partial charge in [0.2, 0.25) is 0 Å². The maximum absolute atomic E-state index is 13.3. The summed E-state index contributed by atoms with van der Waals surface area (Å²) in [5.41, 5.74) is 0.283. The Bertz CT molecular complexity index is 564. The molecule has 1 N–H and O–H groups in total. The standard InChI is InChI=1S/C14H12F4N2/c15-12-2-1-7-20-13(12)9-19-8-10-3-5-11(6-4-10)14(16,17)18/h1-7,19H,8-9H2. The van der Waals surface area contributed by atoms with Crippen molar-refractivity contribution >= 4 is 0 Å². The van der Waals surface area contributed by atoms with Crippen LogP contribution in [-0.4, -0.2) is 4.98 Å². The zero-order valence-corrected chi connectivity index (χ0v) is 10.4. The van der Waals surface area contributed by atoms with Gasteiger partial charge in [0.25, 0.3) is 0 Å². The van der Waals surface area contributed by atoms with Gasteiger partial charge in [-0.2, -0.15) is 13.2 Å². The number of pyridine rings is 1. The number of alkyl halides is 3. The first-order valence-electron chi connectivity index (χ1n) is 5.93. The highest BCUT2D eigenvalue weighted by atomic mass is 19.4. The molecule has 20 heavy (non-hydrogen) atoms. The van der Waals surface area contributed by atoms with Crippen molar-refractivity contribution in [2.75, 3.05) is 0 Å². The topological polar surface area (TPSA) is 24.9 Å². The number of halogens is 4. The van der Waals surface area contributed by atoms with E-state index < -0.39 is 17.6 Å². The van der Waals surface area contributed by atoms with Crippen molar-refractivity contribution in [2.45, 2.75) is 19.3 Å². The van der Waals surface area contributed by atoms with Crippen molar-refractivity contribution in [1.29, 1.82) is 0 Å². The van der Waals surface area contributed by atoms with Crippen LogP contribution in [0, 0.1) is 5.82 Å². The Morgan fingerprint density at radius 1 is 1.00 bits per heavy atom. The molecule has 1 aromatic heterocycles. The first-order chi connectivity index (χ1) is 9.47. The predicted molar refractivity (Wildman–Crippen MR) is 66.2 cm³/mol. The first kappa shape index (κ1) is 14.5. The molecule has 2 nitrogen and oxygen atoms in total. The molecule has 1 aromatic carbocycles. The number of aromatic nitrogens is 1. The number of hydrogen-bond donors (Lipinski definition) is 1. The minimum absolute atomic E-state index is 0.216.